The Morgan fingerprint density at radius 2 is 1.95 bits per heavy atom. The highest BCUT2D eigenvalue weighted by molar-refractivity contribution is 7.17. The van der Waals surface area contributed by atoms with Crippen molar-refractivity contribution < 1.29 is 0 Å². The molecule has 0 spiro atoms. The molecule has 2 aromatic heterocycles. The highest BCUT2D eigenvalue weighted by Crippen LogP contribution is 2.32. The van der Waals surface area contributed by atoms with Crippen LogP contribution in [0.1, 0.15) is 19.7 Å². The van der Waals surface area contributed by atoms with Crippen LogP contribution in [-0.2, 0) is 5.54 Å². The van der Waals surface area contributed by atoms with Gasteiger partial charge in [-0.15, -0.1) is 11.3 Å². The highest BCUT2D eigenvalue weighted by atomic mass is 32.1. The average Bonchev–Trinajstić information content (AvgIpc) is 2.82. The third-order valence-electron chi connectivity index (χ3n) is 2.99. The number of nitrogens with two attached hydrogens (primary N) is 1. The minimum atomic E-state index is -0.526. The molecule has 2 heterocycles. The second kappa shape index (κ2) is 4.40. The first-order chi connectivity index (χ1) is 9.05. The van der Waals surface area contributed by atoms with Crippen molar-refractivity contribution in [2.45, 2.75) is 19.4 Å². The van der Waals surface area contributed by atoms with Gasteiger partial charge in [0.1, 0.15) is 5.82 Å². The smallest absolute Gasteiger partial charge is 0.148 e. The number of rotatable bonds is 2. The maximum Gasteiger partial charge on any atom is 0.148 e. The molecule has 1 aromatic carbocycles. The largest absolute Gasteiger partial charge is 0.319 e. The summed E-state index contributed by atoms with van der Waals surface area (Å²) < 4.78 is 1.27. The molecule has 0 aliphatic carbocycles. The first kappa shape index (κ1) is 12.3. The first-order valence-corrected chi connectivity index (χ1v) is 7.03. The van der Waals surface area contributed by atoms with Gasteiger partial charge in [-0.05, 0) is 26.0 Å². The number of aromatic nitrogens is 2. The van der Waals surface area contributed by atoms with Gasteiger partial charge in [0.05, 0.1) is 11.2 Å². The van der Waals surface area contributed by atoms with Crippen molar-refractivity contribution >= 4 is 21.4 Å². The van der Waals surface area contributed by atoms with Crippen LogP contribution in [0.25, 0.3) is 21.3 Å². The quantitative estimate of drug-likeness (QED) is 0.774. The van der Waals surface area contributed by atoms with Crippen LogP contribution in [0.2, 0.25) is 0 Å². The predicted molar refractivity (Wildman–Crippen MR) is 80.1 cm³/mol. The molecule has 0 radical (unpaired) electrons. The summed E-state index contributed by atoms with van der Waals surface area (Å²) in [6.07, 6.45) is 1.78. The fourth-order valence-corrected chi connectivity index (χ4v) is 2.95. The Morgan fingerprint density at radius 1 is 1.16 bits per heavy atom. The van der Waals surface area contributed by atoms with Gasteiger partial charge in [-0.2, -0.15) is 0 Å². The zero-order valence-corrected chi connectivity index (χ0v) is 11.7. The highest BCUT2D eigenvalue weighted by Gasteiger charge is 2.18. The van der Waals surface area contributed by atoms with Gasteiger partial charge in [-0.1, -0.05) is 18.2 Å². The van der Waals surface area contributed by atoms with E-state index in [4.69, 9.17) is 5.73 Å². The van der Waals surface area contributed by atoms with E-state index in [1.54, 1.807) is 17.5 Å². The molecule has 19 heavy (non-hydrogen) atoms. The number of fused-ring (bicyclic) bond motifs is 1. The van der Waals surface area contributed by atoms with Crippen molar-refractivity contribution in [2.24, 2.45) is 5.73 Å². The number of hydrogen-bond acceptors (Lipinski definition) is 4. The van der Waals surface area contributed by atoms with Gasteiger partial charge in [0.15, 0.2) is 0 Å². The van der Waals surface area contributed by atoms with E-state index in [2.05, 4.69) is 33.5 Å². The van der Waals surface area contributed by atoms with Crippen molar-refractivity contribution in [1.82, 2.24) is 9.97 Å². The summed E-state index contributed by atoms with van der Waals surface area (Å²) in [6, 6.07) is 10.3. The van der Waals surface area contributed by atoms with Gasteiger partial charge in [-0.3, -0.25) is 0 Å². The number of nitrogens with zero attached hydrogens (tertiary/aromatic N) is 2. The van der Waals surface area contributed by atoms with Gasteiger partial charge in [0.25, 0.3) is 0 Å². The lowest BCUT2D eigenvalue weighted by atomic mass is 10.1. The van der Waals surface area contributed by atoms with Gasteiger partial charge in [0.2, 0.25) is 0 Å². The molecule has 0 fully saturated rings. The summed E-state index contributed by atoms with van der Waals surface area (Å²) in [7, 11) is 0. The number of hydrogen-bond donors (Lipinski definition) is 1. The van der Waals surface area contributed by atoms with Crippen molar-refractivity contribution in [1.29, 1.82) is 0 Å². The maximum atomic E-state index is 6.07. The molecule has 0 amide bonds. The van der Waals surface area contributed by atoms with E-state index < -0.39 is 5.54 Å². The molecule has 3 rings (SSSR count). The Morgan fingerprint density at radius 3 is 2.74 bits per heavy atom. The summed E-state index contributed by atoms with van der Waals surface area (Å²) in [4.78, 5) is 8.88. The molecule has 3 aromatic rings. The van der Waals surface area contributed by atoms with Crippen molar-refractivity contribution in [2.75, 3.05) is 0 Å². The van der Waals surface area contributed by atoms with E-state index >= 15 is 0 Å². The van der Waals surface area contributed by atoms with Crippen LogP contribution in [0.4, 0.5) is 0 Å². The Balaban J connectivity index is 2.17. The molecule has 0 unspecified atom stereocenters. The predicted octanol–water partition coefficient (Wildman–Crippen LogP) is 3.55. The Kier molecular flexibility index (Phi) is 2.84. The molecule has 2 N–H and O–H groups in total. The van der Waals surface area contributed by atoms with Crippen molar-refractivity contribution in [3.05, 3.63) is 47.7 Å². The summed E-state index contributed by atoms with van der Waals surface area (Å²) in [5.41, 5.74) is 7.62. The van der Waals surface area contributed by atoms with E-state index in [0.29, 0.717) is 5.82 Å². The molecule has 4 heteroatoms. The summed E-state index contributed by atoms with van der Waals surface area (Å²) >= 11 is 1.73. The van der Waals surface area contributed by atoms with E-state index in [9.17, 15) is 0 Å². The lowest BCUT2D eigenvalue weighted by molar-refractivity contribution is 0.514. The van der Waals surface area contributed by atoms with Crippen LogP contribution in [0, 0.1) is 0 Å². The van der Waals surface area contributed by atoms with E-state index in [-0.39, 0.29) is 0 Å². The Hall–Kier alpha value is -1.78. The fourth-order valence-electron chi connectivity index (χ4n) is 2.00. The number of benzene rings is 1. The third kappa shape index (κ3) is 2.25. The monoisotopic (exact) mass is 269 g/mol. The molecule has 3 nitrogen and oxygen atoms in total. The first-order valence-electron chi connectivity index (χ1n) is 6.15. The fraction of sp³-hybridized carbons (Fsp3) is 0.200. The van der Waals surface area contributed by atoms with Gasteiger partial charge >= 0.3 is 0 Å². The van der Waals surface area contributed by atoms with Crippen LogP contribution in [0.3, 0.4) is 0 Å². The van der Waals surface area contributed by atoms with E-state index in [0.717, 1.165) is 11.3 Å². The lowest BCUT2D eigenvalue weighted by Crippen LogP contribution is -2.31. The molecule has 0 aliphatic rings. The lowest BCUT2D eigenvalue weighted by Gasteiger charge is -2.16. The molecule has 0 saturated heterocycles. The second-order valence-corrected chi connectivity index (χ2v) is 6.04. The molecular formula is C15H15N3S. The second-order valence-electron chi connectivity index (χ2n) is 5.13. The standard InChI is InChI=1S/C15H15N3S/c1-15(2,16)14-17-8-7-12(18-14)11-9-19-13-6-4-3-5-10(11)13/h3-9H,16H2,1-2H3. The van der Waals surface area contributed by atoms with Crippen LogP contribution in [0.5, 0.6) is 0 Å². The zero-order chi connectivity index (χ0) is 13.5. The Labute approximate surface area is 116 Å². The molecule has 0 bridgehead atoms. The van der Waals surface area contributed by atoms with E-state index in [1.807, 2.05) is 26.0 Å². The maximum absolute atomic E-state index is 6.07. The number of thiophene rings is 1. The SMILES string of the molecule is CC(C)(N)c1nccc(-c2csc3ccccc23)n1. The van der Waals surface area contributed by atoms with E-state index in [1.165, 1.54) is 10.1 Å². The van der Waals surface area contributed by atoms with Crippen LogP contribution in [-0.4, -0.2) is 9.97 Å². The van der Waals surface area contributed by atoms with Crippen LogP contribution in [0.15, 0.2) is 41.9 Å². The summed E-state index contributed by atoms with van der Waals surface area (Å²) in [5, 5.41) is 3.37. The summed E-state index contributed by atoms with van der Waals surface area (Å²) in [6.45, 7) is 3.83. The van der Waals surface area contributed by atoms with Crippen molar-refractivity contribution in [3.63, 3.8) is 0 Å². The average molecular weight is 269 g/mol. The third-order valence-corrected chi connectivity index (χ3v) is 3.95. The Bertz CT molecular complexity index is 725. The molecule has 96 valence electrons. The molecular weight excluding hydrogens is 254 g/mol. The normalized spacial score (nSPS) is 11.9. The van der Waals surface area contributed by atoms with Crippen LogP contribution >= 0.6 is 11.3 Å². The minimum absolute atomic E-state index is 0.526. The zero-order valence-electron chi connectivity index (χ0n) is 10.9. The summed E-state index contributed by atoms with van der Waals surface area (Å²) in [5.74, 6) is 0.667. The molecule has 0 atom stereocenters. The van der Waals surface area contributed by atoms with Crippen LogP contribution < -0.4 is 5.73 Å². The minimum Gasteiger partial charge on any atom is -0.319 e. The molecule has 0 saturated carbocycles. The van der Waals surface area contributed by atoms with Gasteiger partial charge in [0, 0.05) is 27.2 Å². The topological polar surface area (TPSA) is 51.8 Å². The van der Waals surface area contributed by atoms with Gasteiger partial charge < -0.3 is 5.73 Å². The van der Waals surface area contributed by atoms with Crippen molar-refractivity contribution in [3.8, 4) is 11.3 Å². The van der Waals surface area contributed by atoms with Gasteiger partial charge in [-0.25, -0.2) is 9.97 Å². The molecule has 0 aliphatic heterocycles.